The van der Waals surface area contributed by atoms with Gasteiger partial charge < -0.3 is 85.0 Å². The van der Waals surface area contributed by atoms with Gasteiger partial charge in [0, 0.05) is 79.2 Å². The van der Waals surface area contributed by atoms with Gasteiger partial charge in [-0.15, -0.1) is 4.33 Å². The van der Waals surface area contributed by atoms with Crippen LogP contribution in [0.4, 0.5) is 41.1 Å². The molecule has 50 heteroatoms. The molecule has 0 radical (unpaired) electrons. The molecule has 0 saturated carbocycles. The van der Waals surface area contributed by atoms with Crippen LogP contribution in [0.25, 0.3) is 10.8 Å². The van der Waals surface area contributed by atoms with Crippen LogP contribution < -0.4 is 204 Å². The molecule has 6 aromatic rings. The number of rotatable bonds is 29. The molecular weight excluding hydrogens is 1400 g/mol. The summed E-state index contributed by atoms with van der Waals surface area (Å²) in [5.41, 5.74) is 0.936. The molecule has 0 amide bonds. The molecule has 91 heavy (non-hydrogen) atoms. The molecule has 0 aliphatic heterocycles. The Balaban J connectivity index is -0.000000662. The molecule has 2 atom stereocenters. The molecule has 0 bridgehead atoms. The second-order valence-corrected chi connectivity index (χ2v) is 24.4. The van der Waals surface area contributed by atoms with Crippen molar-refractivity contribution in [2.45, 2.75) is 35.2 Å². The second kappa shape index (κ2) is 47.4. The molecule has 11 N–H and O–H groups in total. The average Bonchev–Trinajstić information content (AvgIpc) is 0.797. The molecule has 0 spiro atoms. The number of anilines is 7. The Bertz CT molecular complexity index is 3820. The first-order valence-electron chi connectivity index (χ1n) is 23.0. The Hall–Kier alpha value is -1.54. The van der Waals surface area contributed by atoms with Crippen molar-refractivity contribution >= 4 is 132 Å². The molecule has 3 aromatic heterocycles. The van der Waals surface area contributed by atoms with Crippen LogP contribution >= 0.6 is 0 Å². The summed E-state index contributed by atoms with van der Waals surface area (Å²) in [4.78, 5) is 43.7. The van der Waals surface area contributed by atoms with E-state index >= 15 is 0 Å². The number of hydrogen-bond acceptors (Lipinski definition) is 38. The monoisotopic (exact) mass is 1450 g/mol. The summed E-state index contributed by atoms with van der Waals surface area (Å²) >= 11 is -1.71. The van der Waals surface area contributed by atoms with E-state index in [9.17, 15) is 79.0 Å². The van der Waals surface area contributed by atoms with Gasteiger partial charge in [-0.2, -0.15) is 24.9 Å². The van der Waals surface area contributed by atoms with Crippen molar-refractivity contribution in [2.24, 2.45) is 0 Å². The van der Waals surface area contributed by atoms with Crippen LogP contribution in [0.3, 0.4) is 0 Å². The number of aryl methyl sites for hydroxylation is 1. The smallest absolute Gasteiger partial charge is 0.748 e. The fourth-order valence-corrected chi connectivity index (χ4v) is 8.84. The first kappa shape index (κ1) is 95.9. The van der Waals surface area contributed by atoms with E-state index in [-0.39, 0.29) is 273 Å². The zero-order chi connectivity index (χ0) is 63.6. The molecule has 3 aromatic carbocycles. The fraction of sp³-hybridized carbons (Fsp3) is 0.317. The van der Waals surface area contributed by atoms with Crippen molar-refractivity contribution in [3.63, 3.8) is 0 Å². The normalized spacial score (nSPS) is 11.5. The van der Waals surface area contributed by atoms with Gasteiger partial charge in [-0.25, -0.2) is 56.5 Å². The third-order valence-electron chi connectivity index (χ3n) is 9.46. The maximum atomic E-state index is 11.9. The van der Waals surface area contributed by atoms with Crippen molar-refractivity contribution in [3.05, 3.63) is 84.5 Å². The quantitative estimate of drug-likeness (QED) is 0.00395. The van der Waals surface area contributed by atoms with Gasteiger partial charge in [0.25, 0.3) is 0 Å². The van der Waals surface area contributed by atoms with E-state index in [0.717, 1.165) is 36.5 Å². The number of fused-ring (bicyclic) bond motifs is 1. The van der Waals surface area contributed by atoms with Gasteiger partial charge in [-0.1, -0.05) is 18.2 Å². The van der Waals surface area contributed by atoms with Crippen LogP contribution in [0, 0.1) is 17.1 Å². The largest absolute Gasteiger partial charge is 1.00 e. The molecule has 0 aliphatic rings. The van der Waals surface area contributed by atoms with E-state index in [1.165, 1.54) is 6.33 Å². The Kier molecular flexibility index (Phi) is 49.9. The number of aliphatic hydroxyl groups is 3. The van der Waals surface area contributed by atoms with Gasteiger partial charge in [-0.05, 0) is 48.4 Å². The summed E-state index contributed by atoms with van der Waals surface area (Å²) in [6.07, 6.45) is 3.18. The summed E-state index contributed by atoms with van der Waals surface area (Å²) in [6.45, 7) is -1.59. The van der Waals surface area contributed by atoms with Gasteiger partial charge in [0.1, 0.15) is 37.8 Å². The van der Waals surface area contributed by atoms with Crippen molar-refractivity contribution in [1.29, 1.82) is 10.8 Å². The van der Waals surface area contributed by atoms with Crippen LogP contribution in [-0.4, -0.2) is 215 Å². The number of carbonyl (C=O) groups excluding carboxylic acids is 1. The molecule has 3 heterocycles. The summed E-state index contributed by atoms with van der Waals surface area (Å²) < 4.78 is 182. The van der Waals surface area contributed by atoms with E-state index in [2.05, 4.69) is 82.1 Å². The van der Waals surface area contributed by atoms with Gasteiger partial charge in [-0.3, -0.25) is 10.2 Å². The Morgan fingerprint density at radius 2 is 1.18 bits per heavy atom. The number of carbonyl (C=O) groups is 1. The molecule has 6 rings (SSSR count). The van der Waals surface area contributed by atoms with Gasteiger partial charge in [0.2, 0.25) is 23.8 Å². The number of aromatic nitrogens is 9. The van der Waals surface area contributed by atoms with E-state index < -0.39 is 115 Å². The summed E-state index contributed by atoms with van der Waals surface area (Å²) in [7, 11) is -23.8. The van der Waals surface area contributed by atoms with E-state index in [0.29, 0.717) is 23.6 Å². The fourth-order valence-electron chi connectivity index (χ4n) is 6.02. The molecular formula is C41H48N16Na6O22S6. The number of nitrogens with one attached hydrogen (secondary N) is 7. The van der Waals surface area contributed by atoms with E-state index in [1.807, 2.05) is 0 Å². The van der Waals surface area contributed by atoms with Crippen LogP contribution in [-0.2, 0) is 83.6 Å². The van der Waals surface area contributed by atoms with Crippen molar-refractivity contribution in [1.82, 2.24) is 44.9 Å². The maximum absolute atomic E-state index is 11.9. The third kappa shape index (κ3) is 40.7. The minimum atomic E-state index is -5.16. The second-order valence-electron chi connectivity index (χ2n) is 16.1. The van der Waals surface area contributed by atoms with Crippen molar-refractivity contribution in [2.75, 3.05) is 82.4 Å². The topological polar surface area (TPSA) is 634 Å². The number of aliphatic hydroxyl groups excluding tert-OH is 3. The SMILES string of the molecule is N=C(C=O)CO.N=CCS(=O)OO.O=S(=O)([O-])CCCc1nc(Cc2cc(S(=O)(=O)[O-])c3cccc(S(=O)(=O)[O-])c3c2)nc(NCCS(=O)(=O)[O-])n1.O=S(=O)([O-])CCNc1nc(NCC(O)CO)nc(Nc2cccc(Nc3n[c-]ncn3)c2)n1.[Na+].[Na+].[Na+].[Na+].[Na+].[Na+]. The van der Waals surface area contributed by atoms with E-state index in [1.54, 1.807) is 24.3 Å². The van der Waals surface area contributed by atoms with Crippen LogP contribution in [0.15, 0.2) is 70.7 Å². The Morgan fingerprint density at radius 3 is 1.64 bits per heavy atom. The summed E-state index contributed by atoms with van der Waals surface area (Å²) in [5, 5.41) is 59.8. The first-order chi connectivity index (χ1) is 39.7. The minimum Gasteiger partial charge on any atom is -0.748 e. The van der Waals surface area contributed by atoms with Crippen LogP contribution in [0.2, 0.25) is 0 Å². The standard InChI is InChI=1S/C19H22N4O12S4.C17H21N10O5S.C3H5NO2.C2H5NO3S.6Na/c24-36(25,26)7-2-5-17-21-18(23-19(22-17)20-6-8-37(27,28)29)11-12-9-14-13(16(10-12)39(33,34)35)3-1-4-15(14)38(30,31)32;28-8-13(29)7-20-16-25-15(19-4-5-33(30,31)32)26-17(27-16)24-12-3-1-2-11(6-12)23-14-21-9-18-10-22-14;4-3(1-5)2-6;3-1-2-7(5)6-4;;;;;;/h1,3-4,9-10H,2,5-8,11H2,(H,24,25,26)(H,27,28,29)(H,30,31,32)(H,33,34,35)(H,20,21,22,23);1-3,6,9,13,28-29H,4-5,7-8H2,(H,30,31,32)(H,18,21,22,23)(H3,19,20,24,25,26,27);1,4,6H,2H2;1,3-4H,2H2;;;;;;/q;-1;;;6*+1/p-5. The number of nitrogens with zero attached hydrogens (tertiary/aromatic N) is 9. The molecule has 38 nitrogen and oxygen atoms in total. The van der Waals surface area contributed by atoms with Crippen molar-refractivity contribution < 1.29 is 276 Å². The zero-order valence-electron chi connectivity index (χ0n) is 49.1. The predicted molar refractivity (Wildman–Crippen MR) is 291 cm³/mol. The average molecular weight is 1450 g/mol. The minimum absolute atomic E-state index is 0. The van der Waals surface area contributed by atoms with Gasteiger partial charge in [0.15, 0.2) is 17.4 Å². The molecule has 2 unspecified atom stereocenters. The predicted octanol–water partition coefficient (Wildman–Crippen LogP) is -21.1. The molecule has 0 saturated heterocycles. The summed E-state index contributed by atoms with van der Waals surface area (Å²) in [6, 6.07) is 12.3. The Labute approximate surface area is 656 Å². The summed E-state index contributed by atoms with van der Waals surface area (Å²) in [5.74, 6) is -2.30. The molecule has 0 aliphatic carbocycles. The Morgan fingerprint density at radius 1 is 0.659 bits per heavy atom. The zero-order valence-corrected chi connectivity index (χ0v) is 66.0. The van der Waals surface area contributed by atoms with E-state index in [4.69, 9.17) is 26.3 Å². The number of aldehydes is 1. The number of benzene rings is 3. The molecule has 0 fully saturated rings. The number of hydrogen-bond donors (Lipinski definition) is 11. The molecule has 466 valence electrons. The van der Waals surface area contributed by atoms with Gasteiger partial charge in [0.05, 0.1) is 82.4 Å². The third-order valence-corrected chi connectivity index (χ3v) is 14.0. The van der Waals surface area contributed by atoms with Crippen molar-refractivity contribution in [3.8, 4) is 0 Å². The van der Waals surface area contributed by atoms with Gasteiger partial charge >= 0.3 is 177 Å². The maximum Gasteiger partial charge on any atom is 1.00 e. The van der Waals surface area contributed by atoms with Crippen LogP contribution in [0.1, 0.15) is 23.6 Å². The van der Waals surface area contributed by atoms with Crippen LogP contribution in [0.5, 0.6) is 0 Å². The first-order valence-corrected chi connectivity index (χ1v) is 31.8.